The lowest BCUT2D eigenvalue weighted by molar-refractivity contribution is 0.522. The Morgan fingerprint density at radius 2 is 1.94 bits per heavy atom. The van der Waals surface area contributed by atoms with Crippen LogP contribution in [0.1, 0.15) is 37.4 Å². The topological polar surface area (TPSA) is 37.8 Å². The van der Waals surface area contributed by atoms with Gasteiger partial charge in [-0.25, -0.2) is 4.98 Å². The SMILES string of the molecule is c1ccc2nc(C3CCCCCN3)cnc2c1. The Morgan fingerprint density at radius 1 is 1.06 bits per heavy atom. The van der Waals surface area contributed by atoms with Crippen LogP contribution in [0.2, 0.25) is 0 Å². The van der Waals surface area contributed by atoms with Gasteiger partial charge in [0.15, 0.2) is 0 Å². The summed E-state index contributed by atoms with van der Waals surface area (Å²) in [6, 6.07) is 8.44. The van der Waals surface area contributed by atoms with Crippen molar-refractivity contribution in [2.75, 3.05) is 6.54 Å². The Balaban J connectivity index is 1.93. The number of fused-ring (bicyclic) bond motifs is 1. The molecule has 0 radical (unpaired) electrons. The third-order valence-electron chi connectivity index (χ3n) is 3.38. The number of benzene rings is 1. The lowest BCUT2D eigenvalue weighted by Crippen LogP contribution is -2.21. The maximum Gasteiger partial charge on any atom is 0.0890 e. The number of hydrogen-bond acceptors (Lipinski definition) is 3. The minimum absolute atomic E-state index is 0.384. The Kier molecular flexibility index (Phi) is 3.01. The fourth-order valence-electron chi connectivity index (χ4n) is 2.42. The Labute approximate surface area is 101 Å². The third-order valence-corrected chi connectivity index (χ3v) is 3.38. The van der Waals surface area contributed by atoms with Gasteiger partial charge in [0.2, 0.25) is 0 Å². The van der Waals surface area contributed by atoms with Crippen LogP contribution in [-0.4, -0.2) is 16.5 Å². The smallest absolute Gasteiger partial charge is 0.0890 e. The number of rotatable bonds is 1. The minimum atomic E-state index is 0.384. The second kappa shape index (κ2) is 4.80. The molecule has 1 atom stereocenters. The maximum atomic E-state index is 4.72. The molecule has 1 fully saturated rings. The van der Waals surface area contributed by atoms with Crippen LogP contribution in [0.15, 0.2) is 30.5 Å². The van der Waals surface area contributed by atoms with Gasteiger partial charge in [0.1, 0.15) is 0 Å². The van der Waals surface area contributed by atoms with E-state index >= 15 is 0 Å². The summed E-state index contributed by atoms with van der Waals surface area (Å²) in [7, 11) is 0. The van der Waals surface area contributed by atoms with Crippen molar-refractivity contribution in [3.63, 3.8) is 0 Å². The molecule has 1 N–H and O–H groups in total. The number of nitrogens with zero attached hydrogens (tertiary/aromatic N) is 2. The highest BCUT2D eigenvalue weighted by Crippen LogP contribution is 2.21. The molecule has 1 aromatic carbocycles. The summed E-state index contributed by atoms with van der Waals surface area (Å²) in [6.45, 7) is 1.10. The Bertz CT molecular complexity index is 502. The van der Waals surface area contributed by atoms with Gasteiger partial charge in [0.25, 0.3) is 0 Å². The third kappa shape index (κ3) is 2.29. The maximum absolute atomic E-state index is 4.72. The van der Waals surface area contributed by atoms with Crippen LogP contribution in [0.3, 0.4) is 0 Å². The Morgan fingerprint density at radius 3 is 2.88 bits per heavy atom. The van der Waals surface area contributed by atoms with Crippen molar-refractivity contribution >= 4 is 11.0 Å². The molecule has 0 saturated carbocycles. The molecule has 0 bridgehead atoms. The monoisotopic (exact) mass is 227 g/mol. The summed E-state index contributed by atoms with van der Waals surface area (Å²) < 4.78 is 0. The summed E-state index contributed by atoms with van der Waals surface area (Å²) >= 11 is 0. The highest BCUT2D eigenvalue weighted by atomic mass is 15.0. The van der Waals surface area contributed by atoms with E-state index in [1.165, 1.54) is 25.7 Å². The van der Waals surface area contributed by atoms with Gasteiger partial charge in [-0.3, -0.25) is 4.98 Å². The standard InChI is InChI=1S/C14H17N3/c1-2-6-12(15-9-5-1)14-10-16-11-7-3-4-8-13(11)17-14/h3-4,7-8,10,12,15H,1-2,5-6,9H2. The number of hydrogen-bond donors (Lipinski definition) is 1. The van der Waals surface area contributed by atoms with Crippen molar-refractivity contribution < 1.29 is 0 Å². The highest BCUT2D eigenvalue weighted by Gasteiger charge is 2.15. The van der Waals surface area contributed by atoms with Gasteiger partial charge in [-0.15, -0.1) is 0 Å². The molecule has 17 heavy (non-hydrogen) atoms. The van der Waals surface area contributed by atoms with Gasteiger partial charge in [-0.05, 0) is 31.5 Å². The molecule has 0 aliphatic carbocycles. The van der Waals surface area contributed by atoms with Gasteiger partial charge in [-0.2, -0.15) is 0 Å². The summed E-state index contributed by atoms with van der Waals surface area (Å²) in [5.41, 5.74) is 3.06. The lowest BCUT2D eigenvalue weighted by atomic mass is 10.1. The van der Waals surface area contributed by atoms with Gasteiger partial charge < -0.3 is 5.32 Å². The summed E-state index contributed by atoms with van der Waals surface area (Å²) in [5, 5.41) is 3.56. The second-order valence-electron chi connectivity index (χ2n) is 4.64. The van der Waals surface area contributed by atoms with Crippen LogP contribution in [0.5, 0.6) is 0 Å². The highest BCUT2D eigenvalue weighted by molar-refractivity contribution is 5.73. The first-order valence-corrected chi connectivity index (χ1v) is 6.38. The zero-order valence-corrected chi connectivity index (χ0v) is 9.89. The molecule has 1 unspecified atom stereocenters. The second-order valence-corrected chi connectivity index (χ2v) is 4.64. The Hall–Kier alpha value is -1.48. The van der Waals surface area contributed by atoms with E-state index in [1.807, 2.05) is 30.5 Å². The molecule has 88 valence electrons. The van der Waals surface area contributed by atoms with Crippen molar-refractivity contribution in [3.05, 3.63) is 36.2 Å². The van der Waals surface area contributed by atoms with Crippen molar-refractivity contribution in [1.29, 1.82) is 0 Å². The van der Waals surface area contributed by atoms with Crippen LogP contribution < -0.4 is 5.32 Å². The fourth-order valence-corrected chi connectivity index (χ4v) is 2.42. The number of nitrogens with one attached hydrogen (secondary N) is 1. The molecule has 1 aromatic heterocycles. The van der Waals surface area contributed by atoms with Crippen LogP contribution in [0.25, 0.3) is 11.0 Å². The molecule has 1 aliphatic rings. The normalized spacial score (nSPS) is 21.3. The molecule has 0 amide bonds. The molecule has 1 aliphatic heterocycles. The van der Waals surface area contributed by atoms with Gasteiger partial charge >= 0.3 is 0 Å². The largest absolute Gasteiger partial charge is 0.309 e. The van der Waals surface area contributed by atoms with Crippen LogP contribution in [0.4, 0.5) is 0 Å². The van der Waals surface area contributed by atoms with E-state index in [4.69, 9.17) is 4.98 Å². The quantitative estimate of drug-likeness (QED) is 0.814. The van der Waals surface area contributed by atoms with Crippen molar-refractivity contribution in [1.82, 2.24) is 15.3 Å². The van der Waals surface area contributed by atoms with Crippen LogP contribution >= 0.6 is 0 Å². The van der Waals surface area contributed by atoms with E-state index in [9.17, 15) is 0 Å². The first-order chi connectivity index (χ1) is 8.43. The van der Waals surface area contributed by atoms with Crippen LogP contribution in [0, 0.1) is 0 Å². The molecule has 2 aromatic rings. The molecule has 3 nitrogen and oxygen atoms in total. The van der Waals surface area contributed by atoms with Gasteiger partial charge in [-0.1, -0.05) is 25.0 Å². The van der Waals surface area contributed by atoms with E-state index in [0.29, 0.717) is 6.04 Å². The molecule has 0 spiro atoms. The van der Waals surface area contributed by atoms with Gasteiger partial charge in [0.05, 0.1) is 29.0 Å². The van der Waals surface area contributed by atoms with Crippen molar-refractivity contribution in [3.8, 4) is 0 Å². The fraction of sp³-hybridized carbons (Fsp3) is 0.429. The first kappa shape index (κ1) is 10.7. The molecule has 2 heterocycles. The first-order valence-electron chi connectivity index (χ1n) is 6.38. The molecule has 1 saturated heterocycles. The van der Waals surface area contributed by atoms with E-state index < -0.39 is 0 Å². The number of para-hydroxylation sites is 2. The summed E-state index contributed by atoms with van der Waals surface area (Å²) in [5.74, 6) is 0. The lowest BCUT2D eigenvalue weighted by Gasteiger charge is -2.14. The van der Waals surface area contributed by atoms with Crippen LogP contribution in [-0.2, 0) is 0 Å². The van der Waals surface area contributed by atoms with E-state index in [0.717, 1.165) is 23.3 Å². The summed E-state index contributed by atoms with van der Waals surface area (Å²) in [4.78, 5) is 9.20. The van der Waals surface area contributed by atoms with E-state index in [2.05, 4.69) is 10.3 Å². The molecule has 3 heteroatoms. The van der Waals surface area contributed by atoms with Crippen molar-refractivity contribution in [2.24, 2.45) is 0 Å². The van der Waals surface area contributed by atoms with Gasteiger partial charge in [0, 0.05) is 0 Å². The number of aromatic nitrogens is 2. The van der Waals surface area contributed by atoms with Crippen molar-refractivity contribution in [2.45, 2.75) is 31.7 Å². The average molecular weight is 227 g/mol. The predicted octanol–water partition coefficient (Wildman–Crippen LogP) is 2.83. The van der Waals surface area contributed by atoms with E-state index in [1.54, 1.807) is 0 Å². The molecule has 3 rings (SSSR count). The predicted molar refractivity (Wildman–Crippen MR) is 68.7 cm³/mol. The summed E-state index contributed by atoms with van der Waals surface area (Å²) in [6.07, 6.45) is 6.98. The zero-order valence-electron chi connectivity index (χ0n) is 9.89. The molecular formula is C14H17N3. The van der Waals surface area contributed by atoms with E-state index in [-0.39, 0.29) is 0 Å². The average Bonchev–Trinajstić information content (AvgIpc) is 2.67. The minimum Gasteiger partial charge on any atom is -0.309 e. The molecular weight excluding hydrogens is 210 g/mol. The zero-order chi connectivity index (χ0) is 11.5.